The fourth-order valence-electron chi connectivity index (χ4n) is 0.880. The van der Waals surface area contributed by atoms with Crippen LogP contribution in [0.2, 0.25) is 0 Å². The molecule has 0 aliphatic carbocycles. The third kappa shape index (κ3) is 1.19. The topological polar surface area (TPSA) is 83.5 Å². The Kier molecular flexibility index (Phi) is 1.85. The summed E-state index contributed by atoms with van der Waals surface area (Å²) in [6, 6.07) is -1.17. The van der Waals surface area contributed by atoms with E-state index < -0.39 is 17.8 Å². The van der Waals surface area contributed by atoms with Crippen LogP contribution in [0.4, 0.5) is 0 Å². The van der Waals surface area contributed by atoms with Gasteiger partial charge in [0.05, 0.1) is 6.54 Å². The number of hydrogen-bond acceptors (Lipinski definition) is 4. The molecule has 1 aliphatic rings. The second-order valence-electron chi connectivity index (χ2n) is 2.09. The van der Waals surface area contributed by atoms with Crippen molar-refractivity contribution in [3.63, 3.8) is 0 Å². The molecule has 0 unspecified atom stereocenters. The molecule has 1 aliphatic heterocycles. The van der Waals surface area contributed by atoms with E-state index in [9.17, 15) is 14.4 Å². The average molecular weight is 155 g/mol. The maximum atomic E-state index is 10.7. The van der Waals surface area contributed by atoms with Crippen molar-refractivity contribution in [1.29, 1.82) is 0 Å². The Hall–Kier alpha value is -1.45. The highest BCUT2D eigenvalue weighted by molar-refractivity contribution is 6.11. The van der Waals surface area contributed by atoms with Gasteiger partial charge in [0.2, 0.25) is 0 Å². The van der Waals surface area contributed by atoms with Crippen molar-refractivity contribution in [2.45, 2.75) is 6.04 Å². The van der Waals surface area contributed by atoms with Crippen molar-refractivity contribution in [3.8, 4) is 0 Å². The number of rotatable bonds is 1. The van der Waals surface area contributed by atoms with Crippen LogP contribution in [-0.4, -0.2) is 35.4 Å². The van der Waals surface area contributed by atoms with Crippen LogP contribution >= 0.6 is 0 Å². The van der Waals surface area contributed by atoms with Gasteiger partial charge in [-0.05, 0) is 0 Å². The SMILES string of the molecule is O=C=C1C(=O)CN[C@@H]1C(=O)O. The maximum Gasteiger partial charge on any atom is 0.326 e. The molecule has 5 nitrogen and oxygen atoms in total. The van der Waals surface area contributed by atoms with E-state index in [-0.39, 0.29) is 12.1 Å². The molecule has 0 bridgehead atoms. The number of aliphatic carboxylic acids is 1. The monoisotopic (exact) mass is 155 g/mol. The first-order valence-corrected chi connectivity index (χ1v) is 2.91. The summed E-state index contributed by atoms with van der Waals surface area (Å²) in [7, 11) is 0. The number of carbonyl (C=O) groups is 2. The minimum atomic E-state index is -1.23. The molecule has 1 fully saturated rings. The summed E-state index contributed by atoms with van der Waals surface area (Å²) in [6.07, 6.45) is 0. The van der Waals surface area contributed by atoms with E-state index >= 15 is 0 Å². The van der Waals surface area contributed by atoms with Gasteiger partial charge < -0.3 is 5.11 Å². The van der Waals surface area contributed by atoms with Crippen LogP contribution in [0.3, 0.4) is 0 Å². The summed E-state index contributed by atoms with van der Waals surface area (Å²) in [4.78, 5) is 31.0. The minimum Gasteiger partial charge on any atom is -0.480 e. The molecule has 5 heteroatoms. The van der Waals surface area contributed by atoms with Gasteiger partial charge in [0, 0.05) is 0 Å². The molecule has 0 aromatic rings. The number of Topliss-reactive ketones (excluding diaryl/α,β-unsaturated/α-hetero) is 1. The molecule has 0 aromatic heterocycles. The van der Waals surface area contributed by atoms with E-state index in [0.717, 1.165) is 0 Å². The molecular formula is C6H5NO4. The van der Waals surface area contributed by atoms with E-state index in [2.05, 4.69) is 5.32 Å². The quantitative estimate of drug-likeness (QED) is 0.351. The molecule has 0 spiro atoms. The minimum absolute atomic E-state index is 0.0957. The fraction of sp³-hybridized carbons (Fsp3) is 0.333. The van der Waals surface area contributed by atoms with Gasteiger partial charge in [-0.3, -0.25) is 14.9 Å². The molecular weight excluding hydrogens is 150 g/mol. The van der Waals surface area contributed by atoms with Gasteiger partial charge in [-0.2, -0.15) is 0 Å². The first kappa shape index (κ1) is 7.65. The number of carbonyl (C=O) groups excluding carboxylic acids is 2. The Morgan fingerprint density at radius 1 is 1.73 bits per heavy atom. The highest BCUT2D eigenvalue weighted by Gasteiger charge is 2.34. The largest absolute Gasteiger partial charge is 0.480 e. The lowest BCUT2D eigenvalue weighted by Gasteiger charge is -1.99. The second kappa shape index (κ2) is 2.65. The lowest BCUT2D eigenvalue weighted by atomic mass is 10.1. The summed E-state index contributed by atoms with van der Waals surface area (Å²) < 4.78 is 0. The molecule has 0 amide bonds. The van der Waals surface area contributed by atoms with Crippen LogP contribution in [0.1, 0.15) is 0 Å². The van der Waals surface area contributed by atoms with Gasteiger partial charge in [-0.1, -0.05) is 0 Å². The lowest BCUT2D eigenvalue weighted by molar-refractivity contribution is -0.138. The Morgan fingerprint density at radius 3 is 2.73 bits per heavy atom. The van der Waals surface area contributed by atoms with Crippen LogP contribution in [-0.2, 0) is 14.4 Å². The van der Waals surface area contributed by atoms with Crippen LogP contribution in [0.5, 0.6) is 0 Å². The fourth-order valence-corrected chi connectivity index (χ4v) is 0.880. The van der Waals surface area contributed by atoms with Gasteiger partial charge in [-0.15, -0.1) is 0 Å². The molecule has 1 rings (SSSR count). The highest BCUT2D eigenvalue weighted by atomic mass is 16.4. The third-order valence-electron chi connectivity index (χ3n) is 1.41. The maximum absolute atomic E-state index is 10.7. The number of nitrogens with one attached hydrogen (secondary N) is 1. The number of hydrogen-bond donors (Lipinski definition) is 2. The zero-order chi connectivity index (χ0) is 8.43. The normalized spacial score (nSPS) is 23.5. The molecule has 0 aromatic carbocycles. The van der Waals surface area contributed by atoms with Crippen LogP contribution < -0.4 is 5.32 Å². The van der Waals surface area contributed by atoms with Crippen LogP contribution in [0, 0.1) is 0 Å². The number of ketones is 1. The summed E-state index contributed by atoms with van der Waals surface area (Å²) in [6.45, 7) is -0.0957. The molecule has 0 saturated carbocycles. The summed E-state index contributed by atoms with van der Waals surface area (Å²) in [5, 5.41) is 10.8. The summed E-state index contributed by atoms with van der Waals surface area (Å²) >= 11 is 0. The molecule has 1 saturated heterocycles. The van der Waals surface area contributed by atoms with Gasteiger partial charge >= 0.3 is 5.97 Å². The standard InChI is InChI=1S/C6H5NO4/c8-2-3-4(9)1-7-5(3)6(10)11/h5,7H,1H2,(H,10,11)/t5-/m0/s1. The summed E-state index contributed by atoms with van der Waals surface area (Å²) in [5.74, 6) is -0.402. The van der Waals surface area contributed by atoms with E-state index in [1.54, 1.807) is 0 Å². The van der Waals surface area contributed by atoms with Crippen molar-refractivity contribution in [3.05, 3.63) is 5.57 Å². The molecule has 1 heterocycles. The van der Waals surface area contributed by atoms with Gasteiger partial charge in [0.1, 0.15) is 17.6 Å². The van der Waals surface area contributed by atoms with E-state index in [1.165, 1.54) is 5.94 Å². The molecule has 58 valence electrons. The van der Waals surface area contributed by atoms with E-state index in [1.807, 2.05) is 0 Å². The van der Waals surface area contributed by atoms with E-state index in [4.69, 9.17) is 5.11 Å². The van der Waals surface area contributed by atoms with Crippen molar-refractivity contribution in [1.82, 2.24) is 5.32 Å². The Labute approximate surface area is 61.7 Å². The predicted molar refractivity (Wildman–Crippen MR) is 33.6 cm³/mol. The zero-order valence-electron chi connectivity index (χ0n) is 5.46. The van der Waals surface area contributed by atoms with Gasteiger partial charge in [0.25, 0.3) is 0 Å². The van der Waals surface area contributed by atoms with Gasteiger partial charge in [0.15, 0.2) is 5.78 Å². The first-order valence-electron chi connectivity index (χ1n) is 2.91. The first-order chi connectivity index (χ1) is 5.16. The zero-order valence-corrected chi connectivity index (χ0v) is 5.46. The molecule has 11 heavy (non-hydrogen) atoms. The van der Waals surface area contributed by atoms with Crippen LogP contribution in [0.25, 0.3) is 0 Å². The number of carboxylic acid groups (broad SMARTS) is 1. The third-order valence-corrected chi connectivity index (χ3v) is 1.41. The highest BCUT2D eigenvalue weighted by Crippen LogP contribution is 2.06. The predicted octanol–water partition coefficient (Wildman–Crippen LogP) is -1.63. The number of carboxylic acids is 1. The van der Waals surface area contributed by atoms with Crippen molar-refractivity contribution in [2.24, 2.45) is 0 Å². The Bertz CT molecular complexity index is 264. The van der Waals surface area contributed by atoms with Crippen molar-refractivity contribution in [2.75, 3.05) is 6.54 Å². The Balaban J connectivity index is 2.95. The van der Waals surface area contributed by atoms with Crippen molar-refractivity contribution >= 4 is 17.7 Å². The van der Waals surface area contributed by atoms with Gasteiger partial charge in [-0.25, -0.2) is 4.79 Å². The average Bonchev–Trinajstić information content (AvgIpc) is 2.30. The van der Waals surface area contributed by atoms with Crippen molar-refractivity contribution < 1.29 is 19.5 Å². The van der Waals surface area contributed by atoms with Crippen LogP contribution in [0.15, 0.2) is 5.57 Å². The smallest absolute Gasteiger partial charge is 0.326 e. The lowest BCUT2D eigenvalue weighted by Crippen LogP contribution is -2.31. The molecule has 2 N–H and O–H groups in total. The van der Waals surface area contributed by atoms with E-state index in [0.29, 0.717) is 0 Å². The molecule has 1 atom stereocenters. The second-order valence-corrected chi connectivity index (χ2v) is 2.09. The molecule has 0 radical (unpaired) electrons. The summed E-state index contributed by atoms with van der Waals surface area (Å²) in [5.41, 5.74) is -0.322. The Morgan fingerprint density at radius 2 is 2.36 bits per heavy atom.